The molecule has 0 aliphatic heterocycles. The topological polar surface area (TPSA) is 40.1 Å². The van der Waals surface area contributed by atoms with Crippen molar-refractivity contribution in [3.05, 3.63) is 0 Å². The summed E-state index contributed by atoms with van der Waals surface area (Å²) in [6, 6.07) is 0. The van der Waals surface area contributed by atoms with Crippen LogP contribution in [0.5, 0.6) is 0 Å². The second kappa shape index (κ2) is 19.1. The Balaban J connectivity index is 0. The molecule has 0 unspecified atom stereocenters. The molecule has 0 fully saturated rings. The molecule has 0 heterocycles. The first kappa shape index (κ1) is 3.04. The van der Waals surface area contributed by atoms with Crippen molar-refractivity contribution in [2.24, 2.45) is 0 Å². The van der Waals surface area contributed by atoms with Crippen LogP contribution < -0.4 is 56.5 Å². The molecular weight excluding hydrogens is 263 g/mol. The Labute approximate surface area is 206 Å². The molecule has 3 heteroatoms. The van der Waals surface area contributed by atoms with Crippen LogP contribution >= 0.6 is 0 Å². The summed E-state index contributed by atoms with van der Waals surface area (Å²) in [4.78, 5) is 11.2. The molecule has 0 saturated heterocycles. The summed E-state index contributed by atoms with van der Waals surface area (Å²) in [6.07, 6.45) is -68.6. The van der Waals surface area contributed by atoms with Crippen LogP contribution in [0.3, 0.4) is 0 Å². The van der Waals surface area contributed by atoms with Crippen LogP contribution in [0.1, 0.15) is 139 Å². The van der Waals surface area contributed by atoms with Crippen molar-refractivity contribution in [2.75, 3.05) is 0 Å². The van der Waals surface area contributed by atoms with Gasteiger partial charge in [0, 0.05) is 48.5 Å². The molecule has 0 aromatic heterocycles. The van der Waals surface area contributed by atoms with E-state index in [1.807, 2.05) is 0 Å². The van der Waals surface area contributed by atoms with Gasteiger partial charge in [-0.25, -0.2) is 0 Å². The van der Waals surface area contributed by atoms with Gasteiger partial charge in [0.1, 0.15) is 0 Å². The minimum absolute atomic E-state index is 0. The third-order valence-electron chi connectivity index (χ3n) is 0.915. The molecule has 0 atom stereocenters. The van der Waals surface area contributed by atoms with Crippen molar-refractivity contribution in [1.82, 2.24) is 0 Å². The molecule has 0 rings (SSSR count). The Kier molecular flexibility index (Phi) is 3.06. The first-order valence-electron chi connectivity index (χ1n) is 19.7. The van der Waals surface area contributed by atoms with Gasteiger partial charge in [-0.2, -0.15) is 0 Å². The Bertz CT molecular complexity index is 1260. The van der Waals surface area contributed by atoms with Gasteiger partial charge in [0.2, 0.25) is 0 Å². The summed E-state index contributed by atoms with van der Waals surface area (Å²) >= 11 is 0. The molecule has 0 aliphatic carbocycles. The number of hydrogen-bond donors (Lipinski definition) is 0. The molecule has 0 saturated carbocycles. The van der Waals surface area contributed by atoms with E-state index in [-0.39, 0.29) is 51.4 Å². The van der Waals surface area contributed by atoms with E-state index in [1.54, 1.807) is 0 Å². The fourth-order valence-corrected chi connectivity index (χ4v) is 0.426. The monoisotopic (exact) mass is 325 g/mol. The number of rotatable bonds is 14. The number of carboxylic acid groups (broad SMARTS) is 1. The van der Waals surface area contributed by atoms with E-state index >= 15 is 0 Å². The van der Waals surface area contributed by atoms with Crippen molar-refractivity contribution in [1.29, 1.82) is 0 Å². The summed E-state index contributed by atoms with van der Waals surface area (Å²) in [5.74, 6) is -3.02. The number of carbonyl (C=O) groups is 1. The molecule has 0 aromatic carbocycles. The zero-order valence-electron chi connectivity index (χ0n) is 40.8. The molecule has 19 heavy (non-hydrogen) atoms. The van der Waals surface area contributed by atoms with E-state index in [9.17, 15) is 9.90 Å². The minimum atomic E-state index is -5.14. The van der Waals surface area contributed by atoms with E-state index < -0.39 is 102 Å². The molecule has 0 radical (unpaired) electrons. The first-order chi connectivity index (χ1) is 20.4. The van der Waals surface area contributed by atoms with Crippen LogP contribution in [0, 0.1) is 0 Å². The third kappa shape index (κ3) is 21.6. The van der Waals surface area contributed by atoms with E-state index in [4.69, 9.17) is 42.5 Å². The average molecular weight is 326 g/mol. The summed E-state index contributed by atoms with van der Waals surface area (Å²) in [5, 5.41) is 11.2. The van der Waals surface area contributed by atoms with Gasteiger partial charge in [-0.1, -0.05) is 83.3 Å². The smallest absolute Gasteiger partial charge is 0.550 e. The molecule has 0 spiro atoms. The van der Waals surface area contributed by atoms with Crippen LogP contribution in [-0.4, -0.2) is 5.97 Å². The predicted octanol–water partition coefficient (Wildman–Crippen LogP) is 1.22. The number of carbonyl (C=O) groups excluding carboxylic acids is 1. The maximum absolute atomic E-state index is 11.2. The van der Waals surface area contributed by atoms with Gasteiger partial charge in [-0.05, 0) is 12.7 Å². The predicted molar refractivity (Wildman–Crippen MR) is 75.3 cm³/mol. The van der Waals surface area contributed by atoms with Gasteiger partial charge in [-0.3, -0.25) is 0 Å². The number of carboxylic acids is 1. The Morgan fingerprint density at radius 3 is 1.58 bits per heavy atom. The average Bonchev–Trinajstić information content (AvgIpc) is 2.86. The van der Waals surface area contributed by atoms with Gasteiger partial charge >= 0.3 is 51.4 Å². The van der Waals surface area contributed by atoms with Crippen molar-refractivity contribution >= 4 is 5.97 Å². The summed E-state index contributed by atoms with van der Waals surface area (Å²) in [6.45, 7) is -4.11. The standard InChI is InChI=1S/C16H32O2.K/c1-2-3-4-5-6-7-8-9-10-11-12-13-14-15-16(17)18;/h2-15H2,1H3,(H,17,18);/q;+1/p-1/i1D3,2D2,3D2,4D2,5D2,6D2,7D2,8D2,9D2,10D2,11D2,12D2,13D2,14D2,15D2;. The van der Waals surface area contributed by atoms with Crippen molar-refractivity contribution in [3.8, 4) is 0 Å². The van der Waals surface area contributed by atoms with Crippen molar-refractivity contribution in [3.63, 3.8) is 0 Å². The van der Waals surface area contributed by atoms with Crippen LogP contribution in [0.4, 0.5) is 0 Å². The SMILES string of the molecule is [2H]C([2H])([2H])C([2H])([2H])C([2H])([2H])C([2H])([2H])C([2H])([2H])C([2H])([2H])C([2H])([2H])C([2H])([2H])C([2H])([2H])C([2H])([2H])C([2H])([2H])C([2H])([2H])C([2H])([2H])C([2H])([2H])C([2H])([2H])C(=O)[O-].[K+]. The van der Waals surface area contributed by atoms with Gasteiger partial charge in [0.25, 0.3) is 0 Å². The fraction of sp³-hybridized carbons (Fsp3) is 0.938. The fourth-order valence-electron chi connectivity index (χ4n) is 0.426. The largest absolute Gasteiger partial charge is 1.00 e. The zero-order valence-corrected chi connectivity index (χ0v) is 12.9. The number of aliphatic carboxylic acids is 1. The summed E-state index contributed by atoms with van der Waals surface area (Å²) in [5.41, 5.74) is 0. The molecule has 0 bridgehead atoms. The molecule has 2 nitrogen and oxygen atoms in total. The normalized spacial score (nSPS) is 45.6. The molecule has 0 N–H and O–H groups in total. The molecule has 0 aliphatic rings. The van der Waals surface area contributed by atoms with Gasteiger partial charge in [-0.15, -0.1) is 0 Å². The van der Waals surface area contributed by atoms with Crippen molar-refractivity contribution < 1.29 is 104 Å². The van der Waals surface area contributed by atoms with E-state index in [1.165, 1.54) is 0 Å². The Morgan fingerprint density at radius 1 is 0.842 bits per heavy atom. The van der Waals surface area contributed by atoms with Gasteiger partial charge in [0.15, 0.2) is 0 Å². The molecular formula is C16H31KO2. The summed E-state index contributed by atoms with van der Waals surface area (Å²) < 4.78 is 243. The zero-order chi connectivity index (χ0) is 41.1. The van der Waals surface area contributed by atoms with Crippen molar-refractivity contribution in [2.45, 2.75) is 96.1 Å². The third-order valence-corrected chi connectivity index (χ3v) is 0.915. The van der Waals surface area contributed by atoms with Gasteiger partial charge in [0.05, 0.1) is 0 Å². The van der Waals surface area contributed by atoms with E-state index in [0.717, 1.165) is 0 Å². The Hall–Kier alpha value is 1.11. The molecule has 0 aromatic rings. The maximum atomic E-state index is 11.2. The molecule has 0 amide bonds. The minimum Gasteiger partial charge on any atom is -0.550 e. The second-order valence-electron chi connectivity index (χ2n) is 2.04. The van der Waals surface area contributed by atoms with E-state index in [2.05, 4.69) is 0 Å². The number of hydrogen-bond acceptors (Lipinski definition) is 2. The van der Waals surface area contributed by atoms with Crippen LogP contribution in [-0.2, 0) is 4.79 Å². The van der Waals surface area contributed by atoms with Crippen LogP contribution in [0.15, 0.2) is 0 Å². The second-order valence-corrected chi connectivity index (χ2v) is 2.04. The Morgan fingerprint density at radius 2 is 1.21 bits per heavy atom. The summed E-state index contributed by atoms with van der Waals surface area (Å²) in [7, 11) is 0. The quantitative estimate of drug-likeness (QED) is 0.451. The first-order valence-corrected chi connectivity index (χ1v) is 4.16. The maximum Gasteiger partial charge on any atom is 1.00 e. The van der Waals surface area contributed by atoms with Crippen LogP contribution in [0.2, 0.25) is 0 Å². The van der Waals surface area contributed by atoms with Gasteiger partial charge < -0.3 is 9.90 Å². The van der Waals surface area contributed by atoms with E-state index in [0.29, 0.717) is 0 Å². The van der Waals surface area contributed by atoms with Crippen LogP contribution in [0.25, 0.3) is 0 Å². The molecule has 108 valence electrons.